The number of thiophene rings is 1. The van der Waals surface area contributed by atoms with Gasteiger partial charge < -0.3 is 4.74 Å². The van der Waals surface area contributed by atoms with Crippen LogP contribution in [0.25, 0.3) is 0 Å². The number of carbonyl (C=O) groups is 1. The average Bonchev–Trinajstić information content (AvgIpc) is 2.86. The van der Waals surface area contributed by atoms with Crippen molar-refractivity contribution in [2.75, 3.05) is 13.7 Å². The van der Waals surface area contributed by atoms with Crippen LogP contribution >= 0.6 is 50.5 Å². The summed E-state index contributed by atoms with van der Waals surface area (Å²) >= 11 is 16.0. The van der Waals surface area contributed by atoms with Crippen molar-refractivity contribution in [2.24, 2.45) is 0 Å². The van der Waals surface area contributed by atoms with E-state index in [1.54, 1.807) is 6.07 Å². The Labute approximate surface area is 162 Å². The molecule has 0 bridgehead atoms. The summed E-state index contributed by atoms with van der Waals surface area (Å²) in [7, 11) is -2.51. The quantitative estimate of drug-likeness (QED) is 0.686. The van der Waals surface area contributed by atoms with Crippen LogP contribution in [-0.2, 0) is 21.2 Å². The standard InChI is InChI=1S/C14H12BrCl2NO4S2/c1-22-5-4-8-6-12(15)23-14(8)24(20,21)18-13(19)10-3-2-9(16)7-11(10)17/h2-3,6-7H,4-5H2,1H3,(H,18,19). The second-order valence-corrected chi connectivity index (χ2v) is 9.82. The van der Waals surface area contributed by atoms with E-state index in [4.69, 9.17) is 27.9 Å². The monoisotopic (exact) mass is 471 g/mol. The lowest BCUT2D eigenvalue weighted by atomic mass is 10.2. The van der Waals surface area contributed by atoms with Gasteiger partial charge in [-0.15, -0.1) is 11.3 Å². The first-order valence-electron chi connectivity index (χ1n) is 6.54. The van der Waals surface area contributed by atoms with E-state index in [9.17, 15) is 13.2 Å². The molecule has 1 amide bonds. The molecular weight excluding hydrogens is 461 g/mol. The minimum absolute atomic E-state index is 0.0266. The van der Waals surface area contributed by atoms with Gasteiger partial charge in [0.25, 0.3) is 15.9 Å². The number of halogens is 3. The lowest BCUT2D eigenvalue weighted by Crippen LogP contribution is -2.30. The van der Waals surface area contributed by atoms with Gasteiger partial charge in [-0.05, 0) is 52.2 Å². The third-order valence-corrected chi connectivity index (χ3v) is 7.10. The van der Waals surface area contributed by atoms with Gasteiger partial charge in [0.15, 0.2) is 0 Å². The van der Waals surface area contributed by atoms with E-state index in [1.165, 1.54) is 25.3 Å². The van der Waals surface area contributed by atoms with Crippen molar-refractivity contribution in [3.8, 4) is 0 Å². The Morgan fingerprint density at radius 3 is 2.67 bits per heavy atom. The highest BCUT2D eigenvalue weighted by Crippen LogP contribution is 2.31. The highest BCUT2D eigenvalue weighted by molar-refractivity contribution is 9.11. The molecule has 0 saturated heterocycles. The fraction of sp³-hybridized carbons (Fsp3) is 0.214. The van der Waals surface area contributed by atoms with Gasteiger partial charge in [0.2, 0.25) is 0 Å². The number of ether oxygens (including phenoxy) is 1. The summed E-state index contributed by atoms with van der Waals surface area (Å²) in [6, 6.07) is 5.89. The van der Waals surface area contributed by atoms with E-state index in [0.717, 1.165) is 11.3 Å². The largest absolute Gasteiger partial charge is 0.384 e. The number of rotatable bonds is 6. The van der Waals surface area contributed by atoms with Crippen molar-refractivity contribution in [1.82, 2.24) is 4.72 Å². The van der Waals surface area contributed by atoms with Crippen molar-refractivity contribution in [3.63, 3.8) is 0 Å². The predicted octanol–water partition coefficient (Wildman–Crippen LogP) is 4.13. The maximum atomic E-state index is 12.5. The zero-order valence-electron chi connectivity index (χ0n) is 12.3. The van der Waals surface area contributed by atoms with Crippen LogP contribution in [0.5, 0.6) is 0 Å². The molecule has 0 spiro atoms. The maximum Gasteiger partial charge on any atom is 0.274 e. The van der Waals surface area contributed by atoms with Crippen LogP contribution in [-0.4, -0.2) is 28.0 Å². The summed E-state index contributed by atoms with van der Waals surface area (Å²) in [6.45, 7) is 0.364. The second-order valence-electron chi connectivity index (χ2n) is 4.66. The van der Waals surface area contributed by atoms with Crippen LogP contribution < -0.4 is 4.72 Å². The van der Waals surface area contributed by atoms with E-state index in [-0.39, 0.29) is 14.8 Å². The Balaban J connectivity index is 2.29. The van der Waals surface area contributed by atoms with E-state index in [1.807, 2.05) is 4.72 Å². The van der Waals surface area contributed by atoms with E-state index >= 15 is 0 Å². The molecule has 0 fully saturated rings. The van der Waals surface area contributed by atoms with E-state index in [0.29, 0.717) is 27.4 Å². The lowest BCUT2D eigenvalue weighted by molar-refractivity contribution is 0.0981. The molecule has 10 heteroatoms. The minimum atomic E-state index is -4.03. The van der Waals surface area contributed by atoms with Crippen LogP contribution in [0.3, 0.4) is 0 Å². The molecular formula is C14H12BrCl2NO4S2. The van der Waals surface area contributed by atoms with E-state index < -0.39 is 15.9 Å². The van der Waals surface area contributed by atoms with Crippen LogP contribution in [0.2, 0.25) is 10.0 Å². The molecule has 0 radical (unpaired) electrons. The van der Waals surface area contributed by atoms with Crippen molar-refractivity contribution >= 4 is 66.4 Å². The number of hydrogen-bond acceptors (Lipinski definition) is 5. The second kappa shape index (κ2) is 8.16. The summed E-state index contributed by atoms with van der Waals surface area (Å²) in [5.74, 6) is -0.820. The molecule has 1 N–H and O–H groups in total. The van der Waals surface area contributed by atoms with Crippen molar-refractivity contribution in [2.45, 2.75) is 10.6 Å². The summed E-state index contributed by atoms with van der Waals surface area (Å²) in [5.41, 5.74) is 0.593. The van der Waals surface area contributed by atoms with Gasteiger partial charge in [-0.2, -0.15) is 0 Å². The molecule has 0 atom stereocenters. The molecule has 0 aliphatic carbocycles. The summed E-state index contributed by atoms with van der Waals surface area (Å²) in [4.78, 5) is 12.2. The van der Waals surface area contributed by atoms with E-state index in [2.05, 4.69) is 15.9 Å². The SMILES string of the molecule is COCCc1cc(Br)sc1S(=O)(=O)NC(=O)c1ccc(Cl)cc1Cl. The zero-order chi connectivity index (χ0) is 17.9. The third kappa shape index (κ3) is 4.71. The Bertz CT molecular complexity index is 868. The smallest absolute Gasteiger partial charge is 0.274 e. The van der Waals surface area contributed by atoms with Gasteiger partial charge in [0.05, 0.1) is 21.0 Å². The number of methoxy groups -OCH3 is 1. The average molecular weight is 473 g/mol. The van der Waals surface area contributed by atoms with Crippen molar-refractivity contribution in [3.05, 3.63) is 49.2 Å². The first kappa shape index (κ1) is 19.7. The summed E-state index contributed by atoms with van der Waals surface area (Å²) in [5, 5.41) is 0.422. The third-order valence-electron chi connectivity index (χ3n) is 2.96. The van der Waals surface area contributed by atoms with Gasteiger partial charge in [-0.25, -0.2) is 13.1 Å². The molecule has 2 aromatic rings. The Morgan fingerprint density at radius 1 is 1.33 bits per heavy atom. The van der Waals surface area contributed by atoms with Gasteiger partial charge >= 0.3 is 0 Å². The van der Waals surface area contributed by atoms with Crippen LogP contribution in [0.4, 0.5) is 0 Å². The molecule has 2 rings (SSSR count). The number of hydrogen-bond donors (Lipinski definition) is 1. The minimum Gasteiger partial charge on any atom is -0.384 e. The predicted molar refractivity (Wildman–Crippen MR) is 98.7 cm³/mol. The van der Waals surface area contributed by atoms with Gasteiger partial charge in [-0.1, -0.05) is 23.2 Å². The lowest BCUT2D eigenvalue weighted by Gasteiger charge is -2.09. The first-order chi connectivity index (χ1) is 11.2. The number of nitrogens with one attached hydrogen (secondary N) is 1. The highest BCUT2D eigenvalue weighted by Gasteiger charge is 2.25. The fourth-order valence-electron chi connectivity index (χ4n) is 1.89. The summed E-state index contributed by atoms with van der Waals surface area (Å²) in [6.07, 6.45) is 0.407. The van der Waals surface area contributed by atoms with Crippen LogP contribution in [0, 0.1) is 0 Å². The molecule has 130 valence electrons. The van der Waals surface area contributed by atoms with Gasteiger partial charge in [-0.3, -0.25) is 4.79 Å². The van der Waals surface area contributed by atoms with Gasteiger partial charge in [0.1, 0.15) is 4.21 Å². The molecule has 0 aliphatic rings. The molecule has 0 saturated carbocycles. The zero-order valence-corrected chi connectivity index (χ0v) is 17.0. The highest BCUT2D eigenvalue weighted by atomic mass is 79.9. The van der Waals surface area contributed by atoms with Crippen LogP contribution in [0.1, 0.15) is 15.9 Å². The molecule has 0 unspecified atom stereocenters. The molecule has 1 heterocycles. The topological polar surface area (TPSA) is 72.5 Å². The Morgan fingerprint density at radius 2 is 2.04 bits per heavy atom. The number of sulfonamides is 1. The van der Waals surface area contributed by atoms with Crippen molar-refractivity contribution < 1.29 is 17.9 Å². The number of carbonyl (C=O) groups excluding carboxylic acids is 1. The Kier molecular flexibility index (Phi) is 6.69. The molecule has 5 nitrogen and oxygen atoms in total. The first-order valence-corrected chi connectivity index (χ1v) is 10.4. The molecule has 1 aromatic carbocycles. The molecule has 0 aliphatic heterocycles. The van der Waals surface area contributed by atoms with Crippen LogP contribution in [0.15, 0.2) is 32.3 Å². The molecule has 1 aromatic heterocycles. The Hall–Kier alpha value is -0.640. The normalized spacial score (nSPS) is 11.5. The van der Waals surface area contributed by atoms with Crippen molar-refractivity contribution in [1.29, 1.82) is 0 Å². The maximum absolute atomic E-state index is 12.5. The number of amides is 1. The summed E-state index contributed by atoms with van der Waals surface area (Å²) < 4.78 is 32.8. The molecule has 24 heavy (non-hydrogen) atoms. The fourth-order valence-corrected chi connectivity index (χ4v) is 5.92. The number of benzene rings is 1. The van der Waals surface area contributed by atoms with Gasteiger partial charge in [0, 0.05) is 12.1 Å².